The molecular weight excluding hydrogens is 433 g/mol. The van der Waals surface area contributed by atoms with E-state index in [1.165, 1.54) is 23.5 Å². The molecule has 1 aliphatic rings. The largest absolute Gasteiger partial charge is 0.497 e. The summed E-state index contributed by atoms with van der Waals surface area (Å²) in [4.78, 5) is 13.8. The maximum Gasteiger partial charge on any atom is 0.243 e. The zero-order valence-corrected chi connectivity index (χ0v) is 18.9. The number of sulfonamides is 1. The van der Waals surface area contributed by atoms with Crippen molar-refractivity contribution in [3.63, 3.8) is 0 Å². The highest BCUT2D eigenvalue weighted by atomic mass is 32.2. The Labute approximate surface area is 187 Å². The number of likely N-dealkylation sites (N-methyl/N-ethyl adjacent to an activating group) is 1. The highest BCUT2D eigenvalue weighted by Crippen LogP contribution is 2.29. The molecule has 1 saturated heterocycles. The summed E-state index contributed by atoms with van der Waals surface area (Å²) in [6.07, 6.45) is 4.69. The van der Waals surface area contributed by atoms with E-state index in [1.54, 1.807) is 24.5 Å². The summed E-state index contributed by atoms with van der Waals surface area (Å²) in [6, 6.07) is 7.43. The number of piperazine rings is 1. The number of rotatable bonds is 7. The fraction of sp³-hybridized carbons (Fsp3) is 0.364. The molecule has 32 heavy (non-hydrogen) atoms. The number of H-pyrrole nitrogens is 1. The van der Waals surface area contributed by atoms with E-state index in [1.807, 2.05) is 7.05 Å². The minimum atomic E-state index is -3.75. The number of pyridine rings is 1. The molecule has 0 saturated carbocycles. The molecule has 0 atom stereocenters. The van der Waals surface area contributed by atoms with Gasteiger partial charge in [0.15, 0.2) is 0 Å². The number of aryl methyl sites for hydroxylation is 2. The SMILES string of the molecule is COc1cc(CCc2ncc[nH]2)nc(-c2ccc(S(=O)(=O)N3CCN(C)CC3)cc2F)c1. The summed E-state index contributed by atoms with van der Waals surface area (Å²) in [6.45, 7) is 2.07. The van der Waals surface area contributed by atoms with Crippen molar-refractivity contribution < 1.29 is 17.5 Å². The number of aromatic amines is 1. The van der Waals surface area contributed by atoms with Crippen LogP contribution in [-0.4, -0.2) is 72.9 Å². The van der Waals surface area contributed by atoms with Gasteiger partial charge in [-0.1, -0.05) is 0 Å². The Morgan fingerprint density at radius 2 is 1.91 bits per heavy atom. The third-order valence-electron chi connectivity index (χ3n) is 5.58. The third kappa shape index (κ3) is 4.82. The van der Waals surface area contributed by atoms with Crippen molar-refractivity contribution in [3.8, 4) is 17.0 Å². The molecule has 0 aliphatic carbocycles. The van der Waals surface area contributed by atoms with Crippen molar-refractivity contribution in [1.29, 1.82) is 0 Å². The quantitative estimate of drug-likeness (QED) is 0.583. The van der Waals surface area contributed by atoms with Crippen LogP contribution in [-0.2, 0) is 22.9 Å². The van der Waals surface area contributed by atoms with Gasteiger partial charge in [0.2, 0.25) is 10.0 Å². The summed E-state index contributed by atoms with van der Waals surface area (Å²) in [5.74, 6) is 0.747. The van der Waals surface area contributed by atoms with Crippen LogP contribution in [0.4, 0.5) is 4.39 Å². The average Bonchev–Trinajstić information content (AvgIpc) is 3.31. The van der Waals surface area contributed by atoms with Gasteiger partial charge in [-0.05, 0) is 31.7 Å². The molecule has 3 heterocycles. The lowest BCUT2D eigenvalue weighted by molar-refractivity contribution is 0.222. The van der Waals surface area contributed by atoms with Crippen LogP contribution >= 0.6 is 0 Å². The van der Waals surface area contributed by atoms with E-state index < -0.39 is 15.8 Å². The monoisotopic (exact) mass is 459 g/mol. The zero-order chi connectivity index (χ0) is 22.7. The summed E-state index contributed by atoms with van der Waals surface area (Å²) in [7, 11) is -0.264. The third-order valence-corrected chi connectivity index (χ3v) is 7.47. The molecule has 10 heteroatoms. The number of hydrogen-bond acceptors (Lipinski definition) is 6. The topological polar surface area (TPSA) is 91.4 Å². The second kappa shape index (κ2) is 9.35. The first kappa shape index (κ1) is 22.4. The Morgan fingerprint density at radius 1 is 1.12 bits per heavy atom. The molecule has 0 unspecified atom stereocenters. The molecule has 1 fully saturated rings. The number of methoxy groups -OCH3 is 1. The van der Waals surface area contributed by atoms with Crippen LogP contribution < -0.4 is 4.74 Å². The summed E-state index contributed by atoms with van der Waals surface area (Å²) >= 11 is 0. The summed E-state index contributed by atoms with van der Waals surface area (Å²) < 4.78 is 47.7. The van der Waals surface area contributed by atoms with Crippen molar-refractivity contribution in [2.75, 3.05) is 40.3 Å². The molecule has 0 bridgehead atoms. The molecule has 8 nitrogen and oxygen atoms in total. The molecule has 1 aromatic carbocycles. The maximum atomic E-state index is 15.1. The first-order valence-electron chi connectivity index (χ1n) is 10.4. The smallest absolute Gasteiger partial charge is 0.243 e. The van der Waals surface area contributed by atoms with Gasteiger partial charge in [-0.3, -0.25) is 4.98 Å². The number of nitrogens with zero attached hydrogens (tertiary/aromatic N) is 4. The minimum Gasteiger partial charge on any atom is -0.497 e. The Bertz CT molecular complexity index is 1180. The van der Waals surface area contributed by atoms with Crippen molar-refractivity contribution in [1.82, 2.24) is 24.2 Å². The molecule has 1 N–H and O–H groups in total. The Balaban J connectivity index is 1.60. The molecule has 4 rings (SSSR count). The lowest BCUT2D eigenvalue weighted by Gasteiger charge is -2.31. The summed E-state index contributed by atoms with van der Waals surface area (Å²) in [5, 5.41) is 0. The highest BCUT2D eigenvalue weighted by molar-refractivity contribution is 7.89. The van der Waals surface area contributed by atoms with Crippen molar-refractivity contribution >= 4 is 10.0 Å². The van der Waals surface area contributed by atoms with E-state index in [0.29, 0.717) is 50.5 Å². The van der Waals surface area contributed by atoms with Crippen LogP contribution in [0, 0.1) is 5.82 Å². The van der Waals surface area contributed by atoms with Crippen LogP contribution in [0.3, 0.4) is 0 Å². The van der Waals surface area contributed by atoms with Crippen LogP contribution in [0.5, 0.6) is 5.75 Å². The van der Waals surface area contributed by atoms with E-state index in [0.717, 1.165) is 17.6 Å². The molecule has 1 aliphatic heterocycles. The molecule has 0 amide bonds. The Kier molecular flexibility index (Phi) is 6.54. The van der Waals surface area contributed by atoms with E-state index >= 15 is 4.39 Å². The molecule has 3 aromatic rings. The maximum absolute atomic E-state index is 15.1. The molecule has 0 spiro atoms. The standard InChI is InChI=1S/C22H26FN5O3S/c1-27-9-11-28(12-10-27)32(29,30)18-4-5-19(20(23)15-18)21-14-17(31-2)13-16(26-21)3-6-22-24-7-8-25-22/h4-5,7-8,13-15H,3,6,9-12H2,1-2H3,(H,24,25). The van der Waals surface area contributed by atoms with Gasteiger partial charge in [0, 0.05) is 68.4 Å². The van der Waals surface area contributed by atoms with Crippen LogP contribution in [0.25, 0.3) is 11.3 Å². The predicted molar refractivity (Wildman–Crippen MR) is 118 cm³/mol. The number of imidazole rings is 1. The van der Waals surface area contributed by atoms with Crippen LogP contribution in [0.15, 0.2) is 47.6 Å². The van der Waals surface area contributed by atoms with Gasteiger partial charge in [-0.25, -0.2) is 17.8 Å². The van der Waals surface area contributed by atoms with Crippen LogP contribution in [0.2, 0.25) is 0 Å². The van der Waals surface area contributed by atoms with E-state index in [4.69, 9.17) is 4.74 Å². The second-order valence-corrected chi connectivity index (χ2v) is 9.71. The van der Waals surface area contributed by atoms with E-state index in [9.17, 15) is 8.42 Å². The lowest BCUT2D eigenvalue weighted by Crippen LogP contribution is -2.47. The zero-order valence-electron chi connectivity index (χ0n) is 18.1. The van der Waals surface area contributed by atoms with Gasteiger partial charge in [0.05, 0.1) is 17.7 Å². The number of ether oxygens (including phenoxy) is 1. The first-order valence-corrected chi connectivity index (χ1v) is 11.8. The number of aromatic nitrogens is 3. The van der Waals surface area contributed by atoms with E-state index in [-0.39, 0.29) is 10.5 Å². The molecule has 0 radical (unpaired) electrons. The lowest BCUT2D eigenvalue weighted by atomic mass is 10.1. The van der Waals surface area contributed by atoms with Gasteiger partial charge >= 0.3 is 0 Å². The fourth-order valence-corrected chi connectivity index (χ4v) is 5.10. The molecule has 2 aromatic heterocycles. The van der Waals surface area contributed by atoms with Gasteiger partial charge < -0.3 is 14.6 Å². The van der Waals surface area contributed by atoms with Gasteiger partial charge in [-0.15, -0.1) is 0 Å². The number of halogens is 1. The average molecular weight is 460 g/mol. The fourth-order valence-electron chi connectivity index (χ4n) is 3.67. The predicted octanol–water partition coefficient (Wildman–Crippen LogP) is 2.34. The summed E-state index contributed by atoms with van der Waals surface area (Å²) in [5.41, 5.74) is 1.34. The van der Waals surface area contributed by atoms with Crippen molar-refractivity contribution in [2.45, 2.75) is 17.7 Å². The first-order chi connectivity index (χ1) is 15.4. The van der Waals surface area contributed by atoms with Gasteiger partial charge in [-0.2, -0.15) is 4.31 Å². The Hall–Kier alpha value is -2.82. The van der Waals surface area contributed by atoms with E-state index in [2.05, 4.69) is 19.9 Å². The highest BCUT2D eigenvalue weighted by Gasteiger charge is 2.28. The normalized spacial score (nSPS) is 15.7. The number of nitrogens with one attached hydrogen (secondary N) is 1. The van der Waals surface area contributed by atoms with Crippen LogP contribution in [0.1, 0.15) is 11.5 Å². The molecule has 170 valence electrons. The molecular formula is C22H26FN5O3S. The van der Waals surface area contributed by atoms with Gasteiger partial charge in [0.1, 0.15) is 17.4 Å². The van der Waals surface area contributed by atoms with Gasteiger partial charge in [0.25, 0.3) is 0 Å². The number of hydrogen-bond donors (Lipinski definition) is 1. The Morgan fingerprint density at radius 3 is 2.56 bits per heavy atom. The number of benzene rings is 1. The second-order valence-electron chi connectivity index (χ2n) is 7.77. The van der Waals surface area contributed by atoms with Crippen molar-refractivity contribution in [2.24, 2.45) is 0 Å². The minimum absolute atomic E-state index is 0.0516. The van der Waals surface area contributed by atoms with Crippen molar-refractivity contribution in [3.05, 3.63) is 60.1 Å².